The molecule has 0 saturated carbocycles. The molecule has 2 rings (SSSR count). The van der Waals surface area contributed by atoms with Crippen LogP contribution in [0.2, 0.25) is 0 Å². The minimum atomic E-state index is 0.356. The zero-order valence-electron chi connectivity index (χ0n) is 7.10. The van der Waals surface area contributed by atoms with E-state index in [1.165, 1.54) is 0 Å². The van der Waals surface area contributed by atoms with E-state index < -0.39 is 0 Å². The average molecular weight is 162 g/mol. The normalized spacial score (nSPS) is 11.2. The van der Waals surface area contributed by atoms with Crippen LogP contribution in [0.25, 0.3) is 5.65 Å². The van der Waals surface area contributed by atoms with Gasteiger partial charge in [-0.25, -0.2) is 0 Å². The van der Waals surface area contributed by atoms with Crippen LogP contribution in [0, 0.1) is 0 Å². The number of rotatable bonds is 1. The van der Waals surface area contributed by atoms with Crippen molar-refractivity contribution in [2.24, 2.45) is 0 Å². The minimum Gasteiger partial charge on any atom is -0.197 e. The van der Waals surface area contributed by atoms with Crippen LogP contribution in [0.5, 0.6) is 0 Å². The summed E-state index contributed by atoms with van der Waals surface area (Å²) in [7, 11) is 0. The number of aromatic nitrogens is 4. The van der Waals surface area contributed by atoms with E-state index in [0.717, 1.165) is 11.5 Å². The van der Waals surface area contributed by atoms with Gasteiger partial charge in [-0.3, -0.25) is 0 Å². The first-order chi connectivity index (χ1) is 5.79. The van der Waals surface area contributed by atoms with Gasteiger partial charge in [0.2, 0.25) is 0 Å². The van der Waals surface area contributed by atoms with Crippen molar-refractivity contribution < 1.29 is 0 Å². The molecule has 12 heavy (non-hydrogen) atoms. The fraction of sp³-hybridized carbons (Fsp3) is 0.375. The summed E-state index contributed by atoms with van der Waals surface area (Å²) >= 11 is 0. The Morgan fingerprint density at radius 3 is 2.92 bits per heavy atom. The van der Waals surface area contributed by atoms with Crippen molar-refractivity contribution >= 4 is 5.65 Å². The summed E-state index contributed by atoms with van der Waals surface area (Å²) in [6, 6.07) is 3.75. The molecule has 0 fully saturated rings. The third kappa shape index (κ3) is 0.958. The minimum absolute atomic E-state index is 0.356. The summed E-state index contributed by atoms with van der Waals surface area (Å²) in [4.78, 5) is 0. The van der Waals surface area contributed by atoms with Gasteiger partial charge in [-0.05, 0) is 12.1 Å². The smallest absolute Gasteiger partial charge is 0.177 e. The molecule has 0 spiro atoms. The van der Waals surface area contributed by atoms with Crippen molar-refractivity contribution in [2.75, 3.05) is 0 Å². The molecule has 0 amide bonds. The second-order valence-corrected chi connectivity index (χ2v) is 3.01. The van der Waals surface area contributed by atoms with Crippen LogP contribution in [0.3, 0.4) is 0 Å². The van der Waals surface area contributed by atoms with Crippen molar-refractivity contribution in [1.29, 1.82) is 0 Å². The van der Waals surface area contributed by atoms with Gasteiger partial charge in [-0.2, -0.15) is 9.61 Å². The predicted molar refractivity (Wildman–Crippen MR) is 44.9 cm³/mol. The Kier molecular flexibility index (Phi) is 1.53. The molecule has 0 radical (unpaired) electrons. The first-order valence-electron chi connectivity index (χ1n) is 3.95. The lowest BCUT2D eigenvalue weighted by atomic mass is 10.2. The SMILES string of the molecule is CC(C)c1nnc2cccnn12. The fourth-order valence-electron chi connectivity index (χ4n) is 1.12. The molecular weight excluding hydrogens is 152 g/mol. The van der Waals surface area contributed by atoms with Crippen LogP contribution < -0.4 is 0 Å². The molecule has 4 nitrogen and oxygen atoms in total. The quantitative estimate of drug-likeness (QED) is 0.633. The standard InChI is InChI=1S/C8H10N4/c1-6(2)8-11-10-7-4-3-5-9-12(7)8/h3-6H,1-2H3. The Balaban J connectivity index is 2.70. The Morgan fingerprint density at radius 2 is 2.17 bits per heavy atom. The maximum absolute atomic E-state index is 4.15. The Morgan fingerprint density at radius 1 is 1.33 bits per heavy atom. The lowest BCUT2D eigenvalue weighted by molar-refractivity contribution is 0.721. The van der Waals surface area contributed by atoms with E-state index in [0.29, 0.717) is 5.92 Å². The van der Waals surface area contributed by atoms with Gasteiger partial charge in [0.05, 0.1) is 0 Å². The van der Waals surface area contributed by atoms with Crippen LogP contribution in [0.1, 0.15) is 25.6 Å². The van der Waals surface area contributed by atoms with E-state index in [9.17, 15) is 0 Å². The lowest BCUT2D eigenvalue weighted by Gasteiger charge is -1.99. The van der Waals surface area contributed by atoms with Crippen LogP contribution in [-0.2, 0) is 0 Å². The molecule has 2 aromatic heterocycles. The molecule has 0 bridgehead atoms. The number of hydrogen-bond acceptors (Lipinski definition) is 3. The summed E-state index contributed by atoms with van der Waals surface area (Å²) in [5.74, 6) is 1.26. The molecule has 4 heteroatoms. The van der Waals surface area contributed by atoms with Crippen LogP contribution >= 0.6 is 0 Å². The second-order valence-electron chi connectivity index (χ2n) is 3.01. The second kappa shape index (κ2) is 2.55. The zero-order valence-corrected chi connectivity index (χ0v) is 7.10. The summed E-state index contributed by atoms with van der Waals surface area (Å²) in [5, 5.41) is 12.2. The number of fused-ring (bicyclic) bond motifs is 1. The molecule has 0 unspecified atom stereocenters. The maximum atomic E-state index is 4.15. The molecule has 0 aliphatic rings. The molecule has 0 atom stereocenters. The predicted octanol–water partition coefficient (Wildman–Crippen LogP) is 1.25. The van der Waals surface area contributed by atoms with Crippen molar-refractivity contribution in [3.05, 3.63) is 24.2 Å². The van der Waals surface area contributed by atoms with E-state index in [-0.39, 0.29) is 0 Å². The number of nitrogens with zero attached hydrogens (tertiary/aromatic N) is 4. The molecule has 0 N–H and O–H groups in total. The average Bonchev–Trinajstić information content (AvgIpc) is 2.47. The molecule has 0 aromatic carbocycles. The lowest BCUT2D eigenvalue weighted by Crippen LogP contribution is -1.99. The molecule has 62 valence electrons. The maximum Gasteiger partial charge on any atom is 0.177 e. The molecule has 2 heterocycles. The molecule has 0 aliphatic carbocycles. The van der Waals surface area contributed by atoms with Crippen molar-refractivity contribution in [1.82, 2.24) is 19.8 Å². The third-order valence-electron chi connectivity index (χ3n) is 1.72. The van der Waals surface area contributed by atoms with Crippen LogP contribution in [-0.4, -0.2) is 19.8 Å². The molecule has 0 aliphatic heterocycles. The van der Waals surface area contributed by atoms with E-state index in [1.54, 1.807) is 10.7 Å². The van der Waals surface area contributed by atoms with Crippen molar-refractivity contribution in [3.8, 4) is 0 Å². The highest BCUT2D eigenvalue weighted by Crippen LogP contribution is 2.10. The fourth-order valence-corrected chi connectivity index (χ4v) is 1.12. The summed E-state index contributed by atoms with van der Waals surface area (Å²) in [6.45, 7) is 4.15. The topological polar surface area (TPSA) is 43.1 Å². The summed E-state index contributed by atoms with van der Waals surface area (Å²) in [5.41, 5.74) is 0.807. The van der Waals surface area contributed by atoms with Gasteiger partial charge in [-0.1, -0.05) is 13.8 Å². The highest BCUT2D eigenvalue weighted by Gasteiger charge is 2.08. The van der Waals surface area contributed by atoms with Gasteiger partial charge in [0.15, 0.2) is 11.5 Å². The van der Waals surface area contributed by atoms with E-state index in [4.69, 9.17) is 0 Å². The first-order valence-corrected chi connectivity index (χ1v) is 3.95. The summed E-state index contributed by atoms with van der Waals surface area (Å²) in [6.07, 6.45) is 1.74. The zero-order chi connectivity index (χ0) is 8.55. The Labute approximate surface area is 70.2 Å². The molecule has 0 saturated heterocycles. The van der Waals surface area contributed by atoms with E-state index in [2.05, 4.69) is 29.1 Å². The molecule has 2 aromatic rings. The Hall–Kier alpha value is -1.45. The van der Waals surface area contributed by atoms with Crippen LogP contribution in [0.15, 0.2) is 18.3 Å². The van der Waals surface area contributed by atoms with E-state index in [1.807, 2.05) is 12.1 Å². The summed E-state index contributed by atoms with van der Waals surface area (Å²) < 4.78 is 1.77. The van der Waals surface area contributed by atoms with E-state index >= 15 is 0 Å². The van der Waals surface area contributed by atoms with Crippen molar-refractivity contribution in [2.45, 2.75) is 19.8 Å². The van der Waals surface area contributed by atoms with Gasteiger partial charge in [-0.15, -0.1) is 10.2 Å². The molecular formula is C8H10N4. The van der Waals surface area contributed by atoms with Crippen molar-refractivity contribution in [3.63, 3.8) is 0 Å². The highest BCUT2D eigenvalue weighted by molar-refractivity contribution is 5.34. The van der Waals surface area contributed by atoms with Gasteiger partial charge >= 0.3 is 0 Å². The third-order valence-corrected chi connectivity index (χ3v) is 1.72. The monoisotopic (exact) mass is 162 g/mol. The van der Waals surface area contributed by atoms with Gasteiger partial charge in [0.1, 0.15) is 0 Å². The largest absolute Gasteiger partial charge is 0.197 e. The van der Waals surface area contributed by atoms with Crippen LogP contribution in [0.4, 0.5) is 0 Å². The van der Waals surface area contributed by atoms with Gasteiger partial charge < -0.3 is 0 Å². The van der Waals surface area contributed by atoms with Gasteiger partial charge in [0, 0.05) is 12.1 Å². The highest BCUT2D eigenvalue weighted by atomic mass is 15.4. The first kappa shape index (κ1) is 7.21. The number of hydrogen-bond donors (Lipinski definition) is 0. The van der Waals surface area contributed by atoms with Gasteiger partial charge in [0.25, 0.3) is 0 Å². The Bertz CT molecular complexity index is 391.